The van der Waals surface area contributed by atoms with E-state index in [2.05, 4.69) is 20.6 Å². The molecule has 0 saturated heterocycles. The molecule has 1 aromatic carbocycles. The molecule has 0 saturated carbocycles. The fourth-order valence-electron chi connectivity index (χ4n) is 1.95. The van der Waals surface area contributed by atoms with Gasteiger partial charge in [0.25, 0.3) is 0 Å². The summed E-state index contributed by atoms with van der Waals surface area (Å²) in [5, 5.41) is 6.16. The third kappa shape index (κ3) is 4.80. The van der Waals surface area contributed by atoms with Gasteiger partial charge in [0.15, 0.2) is 5.96 Å². The maximum atomic E-state index is 13.5. The summed E-state index contributed by atoms with van der Waals surface area (Å²) >= 11 is 0. The molecule has 116 valence electrons. The zero-order chi connectivity index (χ0) is 15.8. The Balaban J connectivity index is 1.80. The lowest BCUT2D eigenvalue weighted by Crippen LogP contribution is -2.38. The number of guanidine groups is 1. The smallest absolute Gasteiger partial charge is 0.191 e. The fraction of sp³-hybridized carbons (Fsp3) is 0.250. The zero-order valence-corrected chi connectivity index (χ0v) is 12.3. The summed E-state index contributed by atoms with van der Waals surface area (Å²) in [6, 6.07) is 9.12. The van der Waals surface area contributed by atoms with Crippen molar-refractivity contribution < 1.29 is 8.78 Å². The molecule has 4 nitrogen and oxygen atoms in total. The van der Waals surface area contributed by atoms with Crippen LogP contribution in [0.5, 0.6) is 0 Å². The summed E-state index contributed by atoms with van der Waals surface area (Å²) in [6.07, 6.45) is 2.09. The van der Waals surface area contributed by atoms with E-state index in [1.807, 2.05) is 18.2 Å². The summed E-state index contributed by atoms with van der Waals surface area (Å²) in [6.45, 7) is 0.983. The maximum absolute atomic E-state index is 13.5. The van der Waals surface area contributed by atoms with Gasteiger partial charge in [-0.25, -0.2) is 8.78 Å². The Kier molecular flexibility index (Phi) is 5.82. The average Bonchev–Trinajstić information content (AvgIpc) is 2.55. The summed E-state index contributed by atoms with van der Waals surface area (Å²) < 4.78 is 26.6. The number of pyridine rings is 1. The molecule has 0 unspecified atom stereocenters. The molecule has 0 atom stereocenters. The summed E-state index contributed by atoms with van der Waals surface area (Å²) in [4.78, 5) is 8.27. The molecule has 1 aromatic heterocycles. The van der Waals surface area contributed by atoms with Crippen LogP contribution in [0.2, 0.25) is 0 Å². The molecule has 2 aromatic rings. The normalized spacial score (nSPS) is 11.3. The van der Waals surface area contributed by atoms with E-state index in [0.717, 1.165) is 17.8 Å². The van der Waals surface area contributed by atoms with Crippen molar-refractivity contribution in [1.82, 2.24) is 15.6 Å². The number of halogens is 2. The summed E-state index contributed by atoms with van der Waals surface area (Å²) in [5.41, 5.74) is 1.23. The molecule has 1 heterocycles. The van der Waals surface area contributed by atoms with Crippen molar-refractivity contribution in [3.8, 4) is 0 Å². The van der Waals surface area contributed by atoms with Crippen molar-refractivity contribution in [3.05, 3.63) is 65.5 Å². The summed E-state index contributed by atoms with van der Waals surface area (Å²) in [5.74, 6) is -0.254. The fourth-order valence-corrected chi connectivity index (χ4v) is 1.95. The van der Waals surface area contributed by atoms with Crippen molar-refractivity contribution in [2.24, 2.45) is 4.99 Å². The van der Waals surface area contributed by atoms with Gasteiger partial charge in [-0.15, -0.1) is 0 Å². The highest BCUT2D eigenvalue weighted by atomic mass is 19.1. The van der Waals surface area contributed by atoms with Crippen LogP contribution in [0.25, 0.3) is 0 Å². The highest BCUT2D eigenvalue weighted by Crippen LogP contribution is 2.09. The van der Waals surface area contributed by atoms with Crippen molar-refractivity contribution in [1.29, 1.82) is 0 Å². The van der Waals surface area contributed by atoms with Crippen molar-refractivity contribution in [2.75, 3.05) is 13.6 Å². The Morgan fingerprint density at radius 1 is 1.18 bits per heavy atom. The molecule has 0 spiro atoms. The van der Waals surface area contributed by atoms with Crippen LogP contribution in [0.3, 0.4) is 0 Å². The minimum absolute atomic E-state index is 0.340. The van der Waals surface area contributed by atoms with Crippen LogP contribution >= 0.6 is 0 Å². The van der Waals surface area contributed by atoms with Crippen molar-refractivity contribution in [3.63, 3.8) is 0 Å². The molecule has 0 aliphatic heterocycles. The van der Waals surface area contributed by atoms with Gasteiger partial charge in [0.2, 0.25) is 0 Å². The van der Waals surface area contributed by atoms with E-state index in [1.165, 1.54) is 6.07 Å². The van der Waals surface area contributed by atoms with Gasteiger partial charge in [0.05, 0.1) is 12.2 Å². The topological polar surface area (TPSA) is 49.3 Å². The van der Waals surface area contributed by atoms with Gasteiger partial charge in [-0.05, 0) is 42.3 Å². The molecule has 0 aliphatic rings. The molecule has 0 aliphatic carbocycles. The first-order valence-electron chi connectivity index (χ1n) is 6.97. The monoisotopic (exact) mass is 304 g/mol. The number of nitrogens with one attached hydrogen (secondary N) is 2. The highest BCUT2D eigenvalue weighted by Gasteiger charge is 2.04. The number of rotatable bonds is 5. The van der Waals surface area contributed by atoms with Crippen LogP contribution < -0.4 is 10.6 Å². The van der Waals surface area contributed by atoms with E-state index in [9.17, 15) is 8.78 Å². The van der Waals surface area contributed by atoms with Gasteiger partial charge < -0.3 is 10.6 Å². The minimum atomic E-state index is -0.436. The molecule has 2 N–H and O–H groups in total. The number of benzene rings is 1. The Labute approximate surface area is 128 Å². The lowest BCUT2D eigenvalue weighted by Gasteiger charge is -2.12. The molecule has 0 fully saturated rings. The first-order chi connectivity index (χ1) is 10.7. The Morgan fingerprint density at radius 3 is 2.77 bits per heavy atom. The lowest BCUT2D eigenvalue weighted by molar-refractivity contribution is 0.583. The third-order valence-electron chi connectivity index (χ3n) is 3.08. The second-order valence-corrected chi connectivity index (χ2v) is 4.66. The molecular formula is C16H18F2N4. The van der Waals surface area contributed by atoms with Crippen LogP contribution in [0, 0.1) is 11.6 Å². The standard InChI is InChI=1S/C16H18F2N4/c1-19-16(22-11-14-4-2-3-8-20-14)21-9-7-12-10-13(17)5-6-15(12)18/h2-6,8,10H,7,9,11H2,1H3,(H2,19,21,22). The van der Waals surface area contributed by atoms with E-state index < -0.39 is 11.6 Å². The van der Waals surface area contributed by atoms with Crippen molar-refractivity contribution >= 4 is 5.96 Å². The average molecular weight is 304 g/mol. The van der Waals surface area contributed by atoms with Gasteiger partial charge in [-0.1, -0.05) is 6.07 Å². The van der Waals surface area contributed by atoms with Gasteiger partial charge in [0, 0.05) is 19.8 Å². The highest BCUT2D eigenvalue weighted by molar-refractivity contribution is 5.79. The van der Waals surface area contributed by atoms with Gasteiger partial charge in [0.1, 0.15) is 11.6 Å². The predicted molar refractivity (Wildman–Crippen MR) is 82.5 cm³/mol. The maximum Gasteiger partial charge on any atom is 0.191 e. The van der Waals surface area contributed by atoms with Gasteiger partial charge in [-0.2, -0.15) is 0 Å². The zero-order valence-electron chi connectivity index (χ0n) is 12.3. The Bertz CT molecular complexity index is 629. The molecule has 2 rings (SSSR count). The largest absolute Gasteiger partial charge is 0.356 e. The third-order valence-corrected chi connectivity index (χ3v) is 3.08. The second kappa shape index (κ2) is 8.07. The molecular weight excluding hydrogens is 286 g/mol. The SMILES string of the molecule is CN=C(NCCc1cc(F)ccc1F)NCc1ccccn1. The number of aromatic nitrogens is 1. The molecule has 22 heavy (non-hydrogen) atoms. The van der Waals surface area contributed by atoms with E-state index in [1.54, 1.807) is 13.2 Å². The van der Waals surface area contributed by atoms with Gasteiger partial charge >= 0.3 is 0 Å². The number of nitrogens with zero attached hydrogens (tertiary/aromatic N) is 2. The second-order valence-electron chi connectivity index (χ2n) is 4.66. The first-order valence-corrected chi connectivity index (χ1v) is 6.97. The number of hydrogen-bond acceptors (Lipinski definition) is 2. The van der Waals surface area contributed by atoms with E-state index in [-0.39, 0.29) is 0 Å². The van der Waals surface area contributed by atoms with Crippen LogP contribution in [0.15, 0.2) is 47.6 Å². The van der Waals surface area contributed by atoms with E-state index in [0.29, 0.717) is 31.0 Å². The van der Waals surface area contributed by atoms with Crippen LogP contribution in [-0.4, -0.2) is 24.5 Å². The predicted octanol–water partition coefficient (Wildman–Crippen LogP) is 2.27. The molecule has 0 amide bonds. The van der Waals surface area contributed by atoms with E-state index >= 15 is 0 Å². The van der Waals surface area contributed by atoms with Crippen LogP contribution in [0.4, 0.5) is 8.78 Å². The van der Waals surface area contributed by atoms with Crippen LogP contribution in [-0.2, 0) is 13.0 Å². The van der Waals surface area contributed by atoms with Gasteiger partial charge in [-0.3, -0.25) is 9.98 Å². The molecule has 0 bridgehead atoms. The number of aliphatic imine (C=N–C) groups is 1. The molecule has 0 radical (unpaired) electrons. The van der Waals surface area contributed by atoms with Crippen LogP contribution in [0.1, 0.15) is 11.3 Å². The number of hydrogen-bond donors (Lipinski definition) is 2. The molecule has 6 heteroatoms. The lowest BCUT2D eigenvalue weighted by atomic mass is 10.1. The van der Waals surface area contributed by atoms with E-state index in [4.69, 9.17) is 0 Å². The first kappa shape index (κ1) is 15.9. The Hall–Kier alpha value is -2.50. The van der Waals surface area contributed by atoms with Crippen molar-refractivity contribution in [2.45, 2.75) is 13.0 Å². The quantitative estimate of drug-likeness (QED) is 0.658. The minimum Gasteiger partial charge on any atom is -0.356 e. The summed E-state index contributed by atoms with van der Waals surface area (Å²) in [7, 11) is 1.65. The Morgan fingerprint density at radius 2 is 2.05 bits per heavy atom.